The zero-order chi connectivity index (χ0) is 15.3. The molecular formula is C16H27NO4. The molecule has 5 heteroatoms. The lowest BCUT2D eigenvalue weighted by Gasteiger charge is -2.23. The molecule has 1 aromatic rings. The van der Waals surface area contributed by atoms with Gasteiger partial charge in [0.05, 0.1) is 40.1 Å². The summed E-state index contributed by atoms with van der Waals surface area (Å²) in [6.07, 6.45) is 0. The number of hydrogen-bond donors (Lipinski definition) is 0. The molecule has 120 valence electrons. The van der Waals surface area contributed by atoms with Gasteiger partial charge in [0, 0.05) is 32.0 Å². The second-order valence-electron chi connectivity index (χ2n) is 4.50. The van der Waals surface area contributed by atoms with E-state index in [1.165, 1.54) is 0 Å². The largest absolute Gasteiger partial charge is 0.497 e. The maximum Gasteiger partial charge on any atom is 0.120 e. The average Bonchev–Trinajstić information content (AvgIpc) is 2.53. The SMILES string of the molecule is CCN(CCOCCOCCOC)c1cccc(OC)c1. The van der Waals surface area contributed by atoms with Crippen molar-refractivity contribution in [3.05, 3.63) is 24.3 Å². The van der Waals surface area contributed by atoms with Crippen LogP contribution in [-0.2, 0) is 14.2 Å². The van der Waals surface area contributed by atoms with E-state index in [2.05, 4.69) is 17.9 Å². The molecule has 0 saturated heterocycles. The van der Waals surface area contributed by atoms with Gasteiger partial charge in [-0.25, -0.2) is 0 Å². The van der Waals surface area contributed by atoms with Crippen molar-refractivity contribution in [1.29, 1.82) is 0 Å². The lowest BCUT2D eigenvalue weighted by atomic mass is 10.2. The van der Waals surface area contributed by atoms with Crippen molar-refractivity contribution in [3.8, 4) is 5.75 Å². The summed E-state index contributed by atoms with van der Waals surface area (Å²) in [6, 6.07) is 8.07. The molecule has 0 aliphatic carbocycles. The first-order valence-corrected chi connectivity index (χ1v) is 7.35. The van der Waals surface area contributed by atoms with E-state index >= 15 is 0 Å². The van der Waals surface area contributed by atoms with Gasteiger partial charge in [-0.15, -0.1) is 0 Å². The second-order valence-corrected chi connectivity index (χ2v) is 4.50. The Bertz CT molecular complexity index is 373. The number of rotatable bonds is 12. The van der Waals surface area contributed by atoms with E-state index < -0.39 is 0 Å². The Kier molecular flexibility index (Phi) is 9.61. The monoisotopic (exact) mass is 297 g/mol. The van der Waals surface area contributed by atoms with Crippen LogP contribution < -0.4 is 9.64 Å². The predicted molar refractivity (Wildman–Crippen MR) is 84.4 cm³/mol. The van der Waals surface area contributed by atoms with Crippen molar-refractivity contribution in [3.63, 3.8) is 0 Å². The van der Waals surface area contributed by atoms with E-state index in [0.717, 1.165) is 24.5 Å². The molecule has 5 nitrogen and oxygen atoms in total. The highest BCUT2D eigenvalue weighted by molar-refractivity contribution is 5.50. The van der Waals surface area contributed by atoms with Crippen LogP contribution in [0, 0.1) is 0 Å². The average molecular weight is 297 g/mol. The van der Waals surface area contributed by atoms with Crippen LogP contribution in [-0.4, -0.2) is 60.3 Å². The van der Waals surface area contributed by atoms with Crippen LogP contribution in [0.2, 0.25) is 0 Å². The van der Waals surface area contributed by atoms with E-state index in [4.69, 9.17) is 18.9 Å². The molecular weight excluding hydrogens is 270 g/mol. The van der Waals surface area contributed by atoms with Gasteiger partial charge < -0.3 is 23.8 Å². The number of nitrogens with zero attached hydrogens (tertiary/aromatic N) is 1. The van der Waals surface area contributed by atoms with E-state index in [-0.39, 0.29) is 0 Å². The van der Waals surface area contributed by atoms with Crippen LogP contribution in [0.4, 0.5) is 5.69 Å². The number of likely N-dealkylation sites (N-methyl/N-ethyl adjacent to an activating group) is 1. The number of anilines is 1. The summed E-state index contributed by atoms with van der Waals surface area (Å²) >= 11 is 0. The van der Waals surface area contributed by atoms with E-state index in [9.17, 15) is 0 Å². The molecule has 0 spiro atoms. The van der Waals surface area contributed by atoms with Crippen LogP contribution in [0.25, 0.3) is 0 Å². The fourth-order valence-electron chi connectivity index (χ4n) is 1.92. The molecule has 21 heavy (non-hydrogen) atoms. The van der Waals surface area contributed by atoms with Gasteiger partial charge in [0.1, 0.15) is 5.75 Å². The highest BCUT2D eigenvalue weighted by atomic mass is 16.5. The Labute approximate surface area is 127 Å². The minimum Gasteiger partial charge on any atom is -0.497 e. The van der Waals surface area contributed by atoms with Crippen molar-refractivity contribution in [2.45, 2.75) is 6.92 Å². The summed E-state index contributed by atoms with van der Waals surface area (Å²) in [5.41, 5.74) is 1.15. The van der Waals surface area contributed by atoms with Gasteiger partial charge >= 0.3 is 0 Å². The maximum atomic E-state index is 5.59. The van der Waals surface area contributed by atoms with Gasteiger partial charge in [-0.1, -0.05) is 6.07 Å². The highest BCUT2D eigenvalue weighted by Crippen LogP contribution is 2.20. The topological polar surface area (TPSA) is 40.2 Å². The van der Waals surface area contributed by atoms with E-state index in [1.54, 1.807) is 14.2 Å². The summed E-state index contributed by atoms with van der Waals surface area (Å²) in [7, 11) is 3.35. The standard InChI is InChI=1S/C16H27NO4/c1-4-17(15-6-5-7-16(14-15)19-3)8-9-20-12-13-21-11-10-18-2/h5-7,14H,4,8-13H2,1-3H3. The lowest BCUT2D eigenvalue weighted by Crippen LogP contribution is -2.27. The molecule has 0 N–H and O–H groups in total. The van der Waals surface area contributed by atoms with Gasteiger partial charge in [-0.05, 0) is 19.1 Å². The Morgan fingerprint density at radius 2 is 1.67 bits per heavy atom. The quantitative estimate of drug-likeness (QED) is 0.553. The first-order chi connectivity index (χ1) is 10.3. The summed E-state index contributed by atoms with van der Waals surface area (Å²) in [5, 5.41) is 0. The molecule has 1 rings (SSSR count). The van der Waals surface area contributed by atoms with Crippen molar-refractivity contribution >= 4 is 5.69 Å². The van der Waals surface area contributed by atoms with Gasteiger partial charge in [0.25, 0.3) is 0 Å². The molecule has 0 bridgehead atoms. The summed E-state index contributed by atoms with van der Waals surface area (Å²) in [6.45, 7) is 7.05. The predicted octanol–water partition coefficient (Wildman–Crippen LogP) is 2.20. The van der Waals surface area contributed by atoms with Crippen molar-refractivity contribution in [2.24, 2.45) is 0 Å². The normalized spacial score (nSPS) is 10.6. The molecule has 0 saturated carbocycles. The highest BCUT2D eigenvalue weighted by Gasteiger charge is 2.05. The molecule has 1 aromatic carbocycles. The van der Waals surface area contributed by atoms with Crippen molar-refractivity contribution in [1.82, 2.24) is 0 Å². The molecule has 0 unspecified atom stereocenters. The summed E-state index contributed by atoms with van der Waals surface area (Å²) in [4.78, 5) is 2.26. The van der Waals surface area contributed by atoms with E-state index in [1.807, 2.05) is 18.2 Å². The summed E-state index contributed by atoms with van der Waals surface area (Å²) < 4.78 is 21.1. The number of hydrogen-bond acceptors (Lipinski definition) is 5. The minimum atomic E-state index is 0.606. The second kappa shape index (κ2) is 11.4. The number of methoxy groups -OCH3 is 2. The van der Waals surface area contributed by atoms with Crippen LogP contribution in [0.3, 0.4) is 0 Å². The molecule has 0 atom stereocenters. The zero-order valence-corrected chi connectivity index (χ0v) is 13.3. The zero-order valence-electron chi connectivity index (χ0n) is 13.3. The smallest absolute Gasteiger partial charge is 0.120 e. The van der Waals surface area contributed by atoms with Gasteiger partial charge in [0.15, 0.2) is 0 Å². The van der Waals surface area contributed by atoms with Crippen LogP contribution >= 0.6 is 0 Å². The lowest BCUT2D eigenvalue weighted by molar-refractivity contribution is 0.0265. The maximum absolute atomic E-state index is 5.59. The molecule has 0 amide bonds. The van der Waals surface area contributed by atoms with E-state index in [0.29, 0.717) is 33.0 Å². The van der Waals surface area contributed by atoms with Crippen LogP contribution in [0.1, 0.15) is 6.92 Å². The minimum absolute atomic E-state index is 0.606. The van der Waals surface area contributed by atoms with Crippen LogP contribution in [0.5, 0.6) is 5.75 Å². The van der Waals surface area contributed by atoms with Crippen molar-refractivity contribution < 1.29 is 18.9 Å². The molecule has 0 aliphatic heterocycles. The van der Waals surface area contributed by atoms with Gasteiger partial charge in [-0.3, -0.25) is 0 Å². The molecule has 0 heterocycles. The first-order valence-electron chi connectivity index (χ1n) is 7.35. The van der Waals surface area contributed by atoms with Crippen LogP contribution in [0.15, 0.2) is 24.3 Å². The first kappa shape index (κ1) is 17.8. The molecule has 0 fully saturated rings. The van der Waals surface area contributed by atoms with Gasteiger partial charge in [-0.2, -0.15) is 0 Å². The molecule has 0 aromatic heterocycles. The number of ether oxygens (including phenoxy) is 4. The Balaban J connectivity index is 2.22. The fourth-order valence-corrected chi connectivity index (χ4v) is 1.92. The third-order valence-corrected chi connectivity index (χ3v) is 3.11. The Morgan fingerprint density at radius 1 is 0.952 bits per heavy atom. The summed E-state index contributed by atoms with van der Waals surface area (Å²) in [5.74, 6) is 0.874. The third-order valence-electron chi connectivity index (χ3n) is 3.11. The molecule has 0 radical (unpaired) electrons. The Morgan fingerprint density at radius 3 is 2.33 bits per heavy atom. The third kappa shape index (κ3) is 7.32. The fraction of sp³-hybridized carbons (Fsp3) is 0.625. The van der Waals surface area contributed by atoms with Gasteiger partial charge in [0.2, 0.25) is 0 Å². The number of benzene rings is 1. The molecule has 0 aliphatic rings. The Hall–Kier alpha value is -1.30. The van der Waals surface area contributed by atoms with Crippen molar-refractivity contribution in [2.75, 3.05) is 65.2 Å².